The maximum absolute atomic E-state index is 12.6. The molecule has 8 heteroatoms. The quantitative estimate of drug-likeness (QED) is 0.788. The molecular formula is C17H19ClN2O3S2. The van der Waals surface area contributed by atoms with Crippen LogP contribution in [0.25, 0.3) is 9.88 Å². The Hall–Kier alpha value is -0.990. The average molecular weight is 399 g/mol. The SMILES string of the molecule is O=C(Cc1csc(-c2ccc(Cl)s2)n1)N1CCC(C2OCCO2)CC1. The maximum atomic E-state index is 12.6. The minimum absolute atomic E-state index is 0.0732. The molecule has 2 aliphatic rings. The zero-order valence-electron chi connectivity index (χ0n) is 13.7. The number of hydrogen-bond acceptors (Lipinski definition) is 6. The summed E-state index contributed by atoms with van der Waals surface area (Å²) in [5.41, 5.74) is 0.833. The average Bonchev–Trinajstić information content (AvgIpc) is 3.36. The smallest absolute Gasteiger partial charge is 0.228 e. The van der Waals surface area contributed by atoms with Gasteiger partial charge in [0.1, 0.15) is 5.01 Å². The van der Waals surface area contributed by atoms with Gasteiger partial charge in [-0.1, -0.05) is 11.6 Å². The van der Waals surface area contributed by atoms with Crippen molar-refractivity contribution in [2.45, 2.75) is 25.6 Å². The predicted octanol–water partition coefficient (Wildman–Crippen LogP) is 3.68. The van der Waals surface area contributed by atoms with Crippen molar-refractivity contribution in [1.82, 2.24) is 9.88 Å². The maximum Gasteiger partial charge on any atom is 0.228 e. The minimum Gasteiger partial charge on any atom is -0.350 e. The zero-order valence-corrected chi connectivity index (χ0v) is 16.0. The first-order chi connectivity index (χ1) is 12.2. The number of ether oxygens (including phenoxy) is 2. The highest BCUT2D eigenvalue weighted by molar-refractivity contribution is 7.23. The molecular weight excluding hydrogens is 380 g/mol. The number of piperidine rings is 1. The van der Waals surface area contributed by atoms with Crippen LogP contribution in [0, 0.1) is 5.92 Å². The summed E-state index contributed by atoms with van der Waals surface area (Å²) in [7, 11) is 0. The Kier molecular flexibility index (Phi) is 5.38. The van der Waals surface area contributed by atoms with Gasteiger partial charge in [0.25, 0.3) is 0 Å². The number of hydrogen-bond donors (Lipinski definition) is 0. The Balaban J connectivity index is 1.31. The zero-order chi connectivity index (χ0) is 17.2. The summed E-state index contributed by atoms with van der Waals surface area (Å²) in [6, 6.07) is 3.84. The van der Waals surface area contributed by atoms with Crippen molar-refractivity contribution in [3.8, 4) is 9.88 Å². The third-order valence-corrected chi connectivity index (χ3v) is 6.88. The summed E-state index contributed by atoms with van der Waals surface area (Å²) in [4.78, 5) is 20.1. The molecule has 5 nitrogen and oxygen atoms in total. The molecule has 25 heavy (non-hydrogen) atoms. The van der Waals surface area contributed by atoms with Crippen molar-refractivity contribution in [2.24, 2.45) is 5.92 Å². The molecule has 0 bridgehead atoms. The van der Waals surface area contributed by atoms with Crippen LogP contribution in [0.4, 0.5) is 0 Å². The van der Waals surface area contributed by atoms with Crippen molar-refractivity contribution in [1.29, 1.82) is 0 Å². The number of thiophene rings is 1. The fraction of sp³-hybridized carbons (Fsp3) is 0.529. The van der Waals surface area contributed by atoms with E-state index in [0.717, 1.165) is 45.8 Å². The van der Waals surface area contributed by atoms with Crippen LogP contribution in [0.3, 0.4) is 0 Å². The van der Waals surface area contributed by atoms with E-state index in [-0.39, 0.29) is 12.2 Å². The van der Waals surface area contributed by atoms with Crippen LogP contribution >= 0.6 is 34.3 Å². The van der Waals surface area contributed by atoms with E-state index in [9.17, 15) is 4.79 Å². The molecule has 0 saturated carbocycles. The van der Waals surface area contributed by atoms with Crippen LogP contribution in [-0.2, 0) is 20.7 Å². The molecule has 2 aromatic heterocycles. The molecule has 2 fully saturated rings. The molecule has 2 aliphatic heterocycles. The highest BCUT2D eigenvalue weighted by atomic mass is 35.5. The summed E-state index contributed by atoms with van der Waals surface area (Å²) < 4.78 is 11.9. The number of rotatable bonds is 4. The van der Waals surface area contributed by atoms with Gasteiger partial charge >= 0.3 is 0 Å². The summed E-state index contributed by atoms with van der Waals surface area (Å²) in [6.07, 6.45) is 2.16. The largest absolute Gasteiger partial charge is 0.350 e. The van der Waals surface area contributed by atoms with E-state index < -0.39 is 0 Å². The van der Waals surface area contributed by atoms with Gasteiger partial charge in [0.15, 0.2) is 6.29 Å². The molecule has 0 aromatic carbocycles. The Morgan fingerprint density at radius 1 is 1.28 bits per heavy atom. The third-order valence-electron chi connectivity index (χ3n) is 4.59. The second-order valence-electron chi connectivity index (χ2n) is 6.25. The van der Waals surface area contributed by atoms with Crippen molar-refractivity contribution < 1.29 is 14.3 Å². The lowest BCUT2D eigenvalue weighted by atomic mass is 9.96. The van der Waals surface area contributed by atoms with E-state index in [1.807, 2.05) is 22.4 Å². The van der Waals surface area contributed by atoms with Gasteiger partial charge < -0.3 is 14.4 Å². The molecule has 2 saturated heterocycles. The number of nitrogens with zero attached hydrogens (tertiary/aromatic N) is 2. The molecule has 4 heterocycles. The van der Waals surface area contributed by atoms with E-state index in [1.54, 1.807) is 11.3 Å². The van der Waals surface area contributed by atoms with Crippen molar-refractivity contribution in [2.75, 3.05) is 26.3 Å². The minimum atomic E-state index is -0.0732. The lowest BCUT2D eigenvalue weighted by Gasteiger charge is -2.33. The molecule has 134 valence electrons. The first kappa shape index (κ1) is 17.4. The topological polar surface area (TPSA) is 51.7 Å². The molecule has 0 atom stereocenters. The van der Waals surface area contributed by atoms with Gasteiger partial charge in [-0.25, -0.2) is 4.98 Å². The Bertz CT molecular complexity index is 734. The molecule has 0 unspecified atom stereocenters. The van der Waals surface area contributed by atoms with Gasteiger partial charge in [0, 0.05) is 24.4 Å². The fourth-order valence-electron chi connectivity index (χ4n) is 3.27. The first-order valence-corrected chi connectivity index (χ1v) is 10.5. The second-order valence-corrected chi connectivity index (χ2v) is 8.83. The van der Waals surface area contributed by atoms with Crippen LogP contribution in [0.5, 0.6) is 0 Å². The normalized spacial score (nSPS) is 19.6. The Morgan fingerprint density at radius 2 is 2.04 bits per heavy atom. The number of thiazole rings is 1. The van der Waals surface area contributed by atoms with E-state index in [1.165, 1.54) is 11.3 Å². The number of halogens is 1. The van der Waals surface area contributed by atoms with Crippen molar-refractivity contribution in [3.05, 3.63) is 27.5 Å². The van der Waals surface area contributed by atoms with Crippen LogP contribution in [-0.4, -0.2) is 48.4 Å². The van der Waals surface area contributed by atoms with Crippen LogP contribution in [0.1, 0.15) is 18.5 Å². The second kappa shape index (κ2) is 7.72. The van der Waals surface area contributed by atoms with Gasteiger partial charge in [-0.15, -0.1) is 22.7 Å². The van der Waals surface area contributed by atoms with Crippen molar-refractivity contribution in [3.63, 3.8) is 0 Å². The number of carbonyl (C=O) groups excluding carboxylic acids is 1. The van der Waals surface area contributed by atoms with E-state index in [4.69, 9.17) is 21.1 Å². The fourth-order valence-corrected chi connectivity index (χ4v) is 5.20. The lowest BCUT2D eigenvalue weighted by molar-refractivity contribution is -0.136. The number of likely N-dealkylation sites (tertiary alicyclic amines) is 1. The summed E-state index contributed by atoms with van der Waals surface area (Å²) in [5, 5.41) is 2.89. The highest BCUT2D eigenvalue weighted by Crippen LogP contribution is 2.33. The Morgan fingerprint density at radius 3 is 2.72 bits per heavy atom. The van der Waals surface area contributed by atoms with Crippen LogP contribution in [0.15, 0.2) is 17.5 Å². The summed E-state index contributed by atoms with van der Waals surface area (Å²) >= 11 is 9.04. The van der Waals surface area contributed by atoms with Gasteiger partial charge in [0.2, 0.25) is 5.91 Å². The molecule has 0 spiro atoms. The van der Waals surface area contributed by atoms with Gasteiger partial charge in [0.05, 0.1) is 34.5 Å². The van der Waals surface area contributed by atoms with E-state index in [2.05, 4.69) is 4.98 Å². The van der Waals surface area contributed by atoms with E-state index >= 15 is 0 Å². The predicted molar refractivity (Wildman–Crippen MR) is 99.1 cm³/mol. The summed E-state index contributed by atoms with van der Waals surface area (Å²) in [5.74, 6) is 0.550. The number of amides is 1. The van der Waals surface area contributed by atoms with Gasteiger partial charge in [-0.3, -0.25) is 4.79 Å². The van der Waals surface area contributed by atoms with Crippen molar-refractivity contribution >= 4 is 40.2 Å². The Labute approximate surface area is 159 Å². The molecule has 0 aliphatic carbocycles. The highest BCUT2D eigenvalue weighted by Gasteiger charge is 2.31. The molecule has 2 aromatic rings. The van der Waals surface area contributed by atoms with Gasteiger partial charge in [-0.2, -0.15) is 0 Å². The van der Waals surface area contributed by atoms with Crippen LogP contribution < -0.4 is 0 Å². The monoisotopic (exact) mass is 398 g/mol. The van der Waals surface area contributed by atoms with Gasteiger partial charge in [-0.05, 0) is 25.0 Å². The standard InChI is InChI=1S/C17H19ClN2O3S2/c18-14-2-1-13(25-14)16-19-12(10-24-16)9-15(21)20-5-3-11(4-6-20)17-22-7-8-23-17/h1-2,10-11,17H,3-9H2. The summed E-state index contributed by atoms with van der Waals surface area (Å²) in [6.45, 7) is 2.91. The van der Waals surface area contributed by atoms with Crippen LogP contribution in [0.2, 0.25) is 4.34 Å². The third kappa shape index (κ3) is 4.06. The number of aromatic nitrogens is 1. The lowest BCUT2D eigenvalue weighted by Crippen LogP contribution is -2.42. The van der Waals surface area contributed by atoms with E-state index in [0.29, 0.717) is 25.6 Å². The number of carbonyl (C=O) groups is 1. The molecule has 4 rings (SSSR count). The molecule has 1 amide bonds. The first-order valence-electron chi connectivity index (χ1n) is 8.40. The molecule has 0 radical (unpaired) electrons. The molecule has 0 N–H and O–H groups in total.